The van der Waals surface area contributed by atoms with Crippen molar-refractivity contribution < 1.29 is 9.90 Å². The molecule has 0 amide bonds. The molecular formula is C25H36O2. The lowest BCUT2D eigenvalue weighted by molar-refractivity contribution is -0.138. The van der Waals surface area contributed by atoms with Gasteiger partial charge in [0.05, 0.1) is 5.92 Å². The van der Waals surface area contributed by atoms with Crippen LogP contribution in [0.15, 0.2) is 48.6 Å². The molecule has 0 fully saturated rings. The Morgan fingerprint density at radius 1 is 1.07 bits per heavy atom. The van der Waals surface area contributed by atoms with E-state index in [1.54, 1.807) is 0 Å². The van der Waals surface area contributed by atoms with Gasteiger partial charge in [-0.2, -0.15) is 0 Å². The minimum absolute atomic E-state index is 0.164. The summed E-state index contributed by atoms with van der Waals surface area (Å²) in [4.78, 5) is 11.4. The summed E-state index contributed by atoms with van der Waals surface area (Å²) in [5, 5.41) is 9.36. The summed E-state index contributed by atoms with van der Waals surface area (Å²) < 4.78 is 0. The van der Waals surface area contributed by atoms with Gasteiger partial charge in [0, 0.05) is 5.41 Å². The van der Waals surface area contributed by atoms with E-state index in [1.165, 1.54) is 49.7 Å². The van der Waals surface area contributed by atoms with Crippen molar-refractivity contribution in [1.29, 1.82) is 0 Å². The minimum atomic E-state index is -0.771. The zero-order valence-electron chi connectivity index (χ0n) is 17.3. The normalized spacial score (nSPS) is 22.7. The molecule has 148 valence electrons. The van der Waals surface area contributed by atoms with E-state index >= 15 is 0 Å². The summed E-state index contributed by atoms with van der Waals surface area (Å²) in [5.41, 5.74) is 2.60. The fourth-order valence-corrected chi connectivity index (χ4v) is 4.01. The van der Waals surface area contributed by atoms with Gasteiger partial charge in [-0.1, -0.05) is 108 Å². The second-order valence-electron chi connectivity index (χ2n) is 8.16. The Kier molecular flexibility index (Phi) is 8.34. The monoisotopic (exact) mass is 368 g/mol. The number of carboxylic acids is 1. The fraction of sp³-hybridized carbons (Fsp3) is 0.560. The third-order valence-electron chi connectivity index (χ3n) is 5.97. The maximum absolute atomic E-state index is 11.4. The van der Waals surface area contributed by atoms with Crippen molar-refractivity contribution in [3.63, 3.8) is 0 Å². The van der Waals surface area contributed by atoms with E-state index in [9.17, 15) is 9.90 Å². The highest BCUT2D eigenvalue weighted by atomic mass is 16.4. The lowest BCUT2D eigenvalue weighted by Gasteiger charge is -2.34. The second kappa shape index (κ2) is 10.5. The number of rotatable bonds is 11. The molecule has 0 bridgehead atoms. The molecule has 0 spiro atoms. The zero-order chi connectivity index (χ0) is 19.7. The molecule has 0 saturated carbocycles. The average Bonchev–Trinajstić information content (AvgIpc) is 2.68. The van der Waals surface area contributed by atoms with Gasteiger partial charge >= 0.3 is 5.97 Å². The standard InChI is InChI=1S/C25H36O2/c1-4-6-7-8-11-16-25(17-14-21(15-18-25)24(26)27)23-13-10-9-12-22(23)19-20(3)5-2/h9-10,12-15,17-18,20-21H,4-8,11,16,19H2,1-3H3,(H,26,27). The molecule has 1 aromatic carbocycles. The molecule has 1 aromatic rings. The van der Waals surface area contributed by atoms with Gasteiger partial charge in [0.25, 0.3) is 0 Å². The van der Waals surface area contributed by atoms with Crippen LogP contribution in [0.4, 0.5) is 0 Å². The summed E-state index contributed by atoms with van der Waals surface area (Å²) in [6, 6.07) is 8.76. The molecule has 0 heterocycles. The molecule has 1 unspecified atom stereocenters. The fourth-order valence-electron chi connectivity index (χ4n) is 4.01. The van der Waals surface area contributed by atoms with E-state index < -0.39 is 11.9 Å². The molecule has 1 N–H and O–H groups in total. The van der Waals surface area contributed by atoms with E-state index in [2.05, 4.69) is 57.2 Å². The number of carboxylic acid groups (broad SMARTS) is 1. The predicted octanol–water partition coefficient (Wildman–Crippen LogP) is 6.70. The van der Waals surface area contributed by atoms with Gasteiger partial charge in [-0.15, -0.1) is 0 Å². The van der Waals surface area contributed by atoms with Crippen LogP contribution in [0, 0.1) is 11.8 Å². The van der Waals surface area contributed by atoms with Crippen LogP contribution in [-0.2, 0) is 16.6 Å². The maximum atomic E-state index is 11.4. The Labute approximate surface area is 165 Å². The van der Waals surface area contributed by atoms with Crippen LogP contribution in [0.1, 0.15) is 76.8 Å². The van der Waals surface area contributed by atoms with Gasteiger partial charge in [-0.05, 0) is 29.9 Å². The van der Waals surface area contributed by atoms with Gasteiger partial charge in [0.15, 0.2) is 0 Å². The largest absolute Gasteiger partial charge is 0.481 e. The van der Waals surface area contributed by atoms with Gasteiger partial charge in [0.2, 0.25) is 0 Å². The first-order valence-electron chi connectivity index (χ1n) is 10.7. The smallest absolute Gasteiger partial charge is 0.314 e. The Hall–Kier alpha value is -1.83. The van der Waals surface area contributed by atoms with E-state index in [4.69, 9.17) is 0 Å². The molecule has 1 aliphatic rings. The number of aliphatic carboxylic acids is 1. The van der Waals surface area contributed by atoms with Crippen molar-refractivity contribution in [3.05, 3.63) is 59.7 Å². The highest BCUT2D eigenvalue weighted by Gasteiger charge is 2.32. The van der Waals surface area contributed by atoms with E-state index in [1.807, 2.05) is 12.2 Å². The molecule has 27 heavy (non-hydrogen) atoms. The molecule has 2 nitrogen and oxygen atoms in total. The van der Waals surface area contributed by atoms with E-state index in [0.717, 1.165) is 12.8 Å². The first-order chi connectivity index (χ1) is 13.0. The Balaban J connectivity index is 2.29. The number of hydrogen-bond acceptors (Lipinski definition) is 1. The van der Waals surface area contributed by atoms with Crippen molar-refractivity contribution in [2.24, 2.45) is 11.8 Å². The van der Waals surface area contributed by atoms with Crippen molar-refractivity contribution >= 4 is 5.97 Å². The van der Waals surface area contributed by atoms with Crippen LogP contribution >= 0.6 is 0 Å². The van der Waals surface area contributed by atoms with Crippen LogP contribution in [0.25, 0.3) is 0 Å². The molecular weight excluding hydrogens is 332 g/mol. The summed E-state index contributed by atoms with van der Waals surface area (Å²) in [6.07, 6.45) is 17.6. The van der Waals surface area contributed by atoms with Gasteiger partial charge in [-0.3, -0.25) is 4.79 Å². The summed E-state index contributed by atoms with van der Waals surface area (Å²) in [7, 11) is 0. The quantitative estimate of drug-likeness (QED) is 0.348. The lowest BCUT2D eigenvalue weighted by atomic mass is 9.70. The third-order valence-corrected chi connectivity index (χ3v) is 5.97. The van der Waals surface area contributed by atoms with E-state index in [0.29, 0.717) is 5.92 Å². The highest BCUT2D eigenvalue weighted by Crippen LogP contribution is 2.39. The number of allylic oxidation sites excluding steroid dienone is 2. The SMILES string of the molecule is CCCCCCCC1(c2ccccc2CC(C)CC)C=CC(C(=O)O)C=C1. The number of benzene rings is 1. The van der Waals surface area contributed by atoms with Crippen LogP contribution in [0.3, 0.4) is 0 Å². The number of hydrogen-bond donors (Lipinski definition) is 1. The molecule has 1 aliphatic carbocycles. The van der Waals surface area contributed by atoms with Crippen LogP contribution < -0.4 is 0 Å². The van der Waals surface area contributed by atoms with Gasteiger partial charge in [0.1, 0.15) is 0 Å². The first kappa shape index (κ1) is 21.5. The summed E-state index contributed by atoms with van der Waals surface area (Å²) in [6.45, 7) is 6.79. The third kappa shape index (κ3) is 5.82. The van der Waals surface area contributed by atoms with Gasteiger partial charge < -0.3 is 5.11 Å². The number of unbranched alkanes of at least 4 members (excludes halogenated alkanes) is 4. The molecule has 1 atom stereocenters. The minimum Gasteiger partial charge on any atom is -0.481 e. The van der Waals surface area contributed by atoms with Crippen molar-refractivity contribution in [2.45, 2.75) is 77.6 Å². The number of carbonyl (C=O) groups is 1. The van der Waals surface area contributed by atoms with Gasteiger partial charge in [-0.25, -0.2) is 0 Å². The van der Waals surface area contributed by atoms with Crippen LogP contribution in [0.5, 0.6) is 0 Å². The van der Waals surface area contributed by atoms with Crippen molar-refractivity contribution in [2.75, 3.05) is 0 Å². The molecule has 0 radical (unpaired) electrons. The highest BCUT2D eigenvalue weighted by molar-refractivity contribution is 5.75. The Morgan fingerprint density at radius 3 is 2.37 bits per heavy atom. The van der Waals surface area contributed by atoms with Crippen LogP contribution in [-0.4, -0.2) is 11.1 Å². The van der Waals surface area contributed by atoms with Crippen molar-refractivity contribution in [3.8, 4) is 0 Å². The predicted molar refractivity (Wildman–Crippen MR) is 114 cm³/mol. The Bertz CT molecular complexity index is 642. The van der Waals surface area contributed by atoms with Crippen LogP contribution in [0.2, 0.25) is 0 Å². The zero-order valence-corrected chi connectivity index (χ0v) is 17.3. The second-order valence-corrected chi connectivity index (χ2v) is 8.16. The molecule has 2 heteroatoms. The molecule has 2 rings (SSSR count). The molecule has 0 saturated heterocycles. The molecule has 0 aliphatic heterocycles. The lowest BCUT2D eigenvalue weighted by Crippen LogP contribution is -2.27. The first-order valence-corrected chi connectivity index (χ1v) is 10.7. The summed E-state index contributed by atoms with van der Waals surface area (Å²) >= 11 is 0. The topological polar surface area (TPSA) is 37.3 Å². The Morgan fingerprint density at radius 2 is 1.74 bits per heavy atom. The average molecular weight is 369 g/mol. The van der Waals surface area contributed by atoms with Crippen molar-refractivity contribution in [1.82, 2.24) is 0 Å². The van der Waals surface area contributed by atoms with E-state index in [-0.39, 0.29) is 5.41 Å². The summed E-state index contributed by atoms with van der Waals surface area (Å²) in [5.74, 6) is -0.622. The molecule has 0 aromatic heterocycles. The maximum Gasteiger partial charge on any atom is 0.314 e.